The third-order valence-corrected chi connectivity index (χ3v) is 26.2. The van der Waals surface area contributed by atoms with Crippen molar-refractivity contribution in [3.8, 4) is 0 Å². The molecule has 8 rings (SSSR count). The Morgan fingerprint density at radius 2 is 0.893 bits per heavy atom. The average Bonchev–Trinajstić information content (AvgIpc) is 0.777. The number of hydrogen-bond acceptors (Lipinski definition) is 27. The van der Waals surface area contributed by atoms with Crippen LogP contribution in [0.4, 0.5) is 0 Å². The van der Waals surface area contributed by atoms with E-state index in [1.807, 2.05) is 72.8 Å². The summed E-state index contributed by atoms with van der Waals surface area (Å²) in [6.45, 7) is 31.2. The van der Waals surface area contributed by atoms with Crippen molar-refractivity contribution in [3.63, 3.8) is 0 Å². The number of rotatable bonds is 16. The highest BCUT2D eigenvalue weighted by molar-refractivity contribution is 6.39. The second-order valence-electron chi connectivity index (χ2n) is 35.5. The second-order valence-corrected chi connectivity index (χ2v) is 36.0. The summed E-state index contributed by atoms with van der Waals surface area (Å²) in [5, 5.41) is 73.6. The SMILES string of the molecule is C=CC[C@@H]1/C=C(\C)C[C@H](C)C[C@H](OC)[C@H]2O[C@@](O)(C(=O)C(=O)N3CCCC[C@H]3C(=O)O[C@H](/C(C)=C/[C@@H]3CC[C@@H](O)[C@H](OC)C3)[C@H](C)[C@@H](O)CC1=NNCC)[C@H](C)C[C@@H]2OC.C=CC[C@@H]1/C=C(\C)C[C@H](C)C[C@H](OC)[C@H]2O[C@@](O)(C(=O)C(=O)N3CCCC[C@H]3C(=O)O[C@H](/C(C)=C/[C@@H]3CC[C@@H](O)[C@H](OC)C3)[C@H](C)[C@@H](O)CC1=O)[C@H](C)C[C@@H]2OC.CCCl.NN. The molecule has 6 aliphatic heterocycles. The van der Waals surface area contributed by atoms with Crippen LogP contribution >= 0.6 is 11.6 Å². The molecule has 122 heavy (non-hydrogen) atoms. The van der Waals surface area contributed by atoms with E-state index in [2.05, 4.69) is 50.2 Å². The number of piperidine rings is 2. The summed E-state index contributed by atoms with van der Waals surface area (Å²) in [4.78, 5) is 102. The monoisotopic (exact) mass is 1750 g/mol. The van der Waals surface area contributed by atoms with E-state index in [1.54, 1.807) is 55.3 Å². The fourth-order valence-corrected chi connectivity index (χ4v) is 19.2. The van der Waals surface area contributed by atoms with Gasteiger partial charge in [0.1, 0.15) is 42.3 Å². The molecule has 0 radical (unpaired) electrons. The van der Waals surface area contributed by atoms with Crippen LogP contribution in [0.15, 0.2) is 77.0 Å². The molecule has 6 fully saturated rings. The fourth-order valence-electron chi connectivity index (χ4n) is 19.2. The van der Waals surface area contributed by atoms with Crippen LogP contribution in [0.25, 0.3) is 0 Å². The first-order valence-corrected chi connectivity index (χ1v) is 44.9. The van der Waals surface area contributed by atoms with E-state index >= 15 is 0 Å². The van der Waals surface area contributed by atoms with Gasteiger partial charge in [0.05, 0.1) is 61.0 Å². The number of cyclic esters (lactones) is 2. The number of allylic oxidation sites excluding steroid dienone is 8. The predicted octanol–water partition coefficient (Wildman–Crippen LogP) is 9.74. The van der Waals surface area contributed by atoms with Crippen molar-refractivity contribution >= 4 is 58.4 Å². The molecule has 2 aliphatic carbocycles. The van der Waals surface area contributed by atoms with Crippen molar-refractivity contribution in [1.82, 2.24) is 15.2 Å². The number of amides is 2. The lowest BCUT2D eigenvalue weighted by Crippen LogP contribution is -2.64. The first-order chi connectivity index (χ1) is 57.9. The maximum absolute atomic E-state index is 14.5. The number of halogens is 1. The van der Waals surface area contributed by atoms with Crippen LogP contribution < -0.4 is 17.1 Å². The van der Waals surface area contributed by atoms with Gasteiger partial charge in [-0.1, -0.05) is 96.1 Å². The number of ketones is 3. The number of Topliss-reactive ketones (excluding diaryl/α,β-unsaturated/α-hetero) is 3. The van der Waals surface area contributed by atoms with Crippen LogP contribution in [0.3, 0.4) is 0 Å². The zero-order valence-corrected chi connectivity index (χ0v) is 77.0. The number of esters is 2. The van der Waals surface area contributed by atoms with Crippen molar-refractivity contribution in [2.24, 2.45) is 76.0 Å². The van der Waals surface area contributed by atoms with Gasteiger partial charge in [0.2, 0.25) is 11.6 Å². The lowest BCUT2D eigenvalue weighted by atomic mass is 9.81. The van der Waals surface area contributed by atoms with Crippen molar-refractivity contribution < 1.29 is 112 Å². The summed E-state index contributed by atoms with van der Waals surface area (Å²) in [5.41, 5.74) is 7.26. The summed E-state index contributed by atoms with van der Waals surface area (Å²) >= 11 is 5.00. The van der Waals surface area contributed by atoms with Crippen LogP contribution in [0, 0.1) is 59.2 Å². The minimum absolute atomic E-state index is 0.00988. The average molecular weight is 1750 g/mol. The molecule has 4 bridgehead atoms. The molecular formula is C92H153ClN6O23. The Labute approximate surface area is 731 Å². The summed E-state index contributed by atoms with van der Waals surface area (Å²) < 4.78 is 59.9. The highest BCUT2D eigenvalue weighted by atomic mass is 35.5. The minimum atomic E-state index is -2.51. The molecule has 8 aliphatic rings. The number of hydrazone groups is 1. The molecule has 2 amide bonds. The molecule has 696 valence electrons. The molecule has 28 atom stereocenters. The van der Waals surface area contributed by atoms with Crippen molar-refractivity contribution in [1.29, 1.82) is 0 Å². The Morgan fingerprint density at radius 1 is 0.533 bits per heavy atom. The number of carbonyl (C=O) groups excluding carboxylic acids is 7. The van der Waals surface area contributed by atoms with E-state index in [4.69, 9.17) is 64.1 Å². The van der Waals surface area contributed by atoms with Gasteiger partial charge >= 0.3 is 11.9 Å². The van der Waals surface area contributed by atoms with E-state index in [1.165, 1.54) is 24.0 Å². The van der Waals surface area contributed by atoms with Crippen molar-refractivity contribution in [2.45, 2.75) is 333 Å². The van der Waals surface area contributed by atoms with E-state index < -0.39 is 162 Å². The number of hydrazine groups is 1. The number of aliphatic hydroxyl groups is 6. The van der Waals surface area contributed by atoms with Crippen molar-refractivity contribution in [3.05, 3.63) is 71.9 Å². The van der Waals surface area contributed by atoms with E-state index in [-0.39, 0.29) is 99.2 Å². The zero-order valence-electron chi connectivity index (χ0n) is 76.3. The van der Waals surface area contributed by atoms with Crippen LogP contribution in [0.2, 0.25) is 0 Å². The molecular weight excluding hydrogens is 1590 g/mol. The number of methoxy groups -OCH3 is 6. The molecule has 0 unspecified atom stereocenters. The van der Waals surface area contributed by atoms with Gasteiger partial charge in [-0.3, -0.25) is 35.7 Å². The summed E-state index contributed by atoms with van der Waals surface area (Å²) in [6.07, 6.45) is 11.6. The van der Waals surface area contributed by atoms with Gasteiger partial charge in [-0.2, -0.15) is 5.10 Å². The standard InChI is InChI=1S/C46H75N3O11.C44H69NO12.C2H5Cl.H4N2/c1-11-15-33-21-27(3)20-28(4)22-39(57-9)42-40(58-10)24-30(6)46(55,60-42)43(52)44(53)49-19-14-13-16-35(49)45(54)59-41(31(7)37(51)26-34(33)48-47-12-2)29(5)23-32-17-18-36(50)38(25-32)56-8;1-10-13-31-19-25(2)18-26(3)20-37(54-8)40-38(55-9)22-28(5)44(52,57-40)41(49)42(50)45-17-12-11-14-32(45)43(51)56-39(29(6)34(47)24-35(31)48)27(4)21-30-15-16-33(46)36(23-30)53-7;1-2-3;1-2/h11,21,23,28,30-33,35-42,47,50-51,55H,1,12-20,22,24-26H2,2-10H3;10,19,21,26,28-34,36-40,46-47,52H,1,11-18,20,22-24H2,2-9H3;2H2,1H3;1-2H2/b27-21+,29-23+,48-34?;25-19+,27-21+;;/t28-,30+,31+,32-,33+,35-,36+,37-,38+,39-,40-,41+,42+,46+;26-,28+,29+,30-,31+,32-,33+,34-,36+,37-,38-,39+,40+,44+;;/m00../s1. The number of alkyl halides is 1. The number of carbonyl (C=O) groups is 7. The molecule has 0 aromatic rings. The van der Waals surface area contributed by atoms with E-state index in [9.17, 15) is 64.2 Å². The lowest BCUT2D eigenvalue weighted by molar-refractivity contribution is -0.302. The molecule has 0 spiro atoms. The Hall–Kier alpha value is -5.55. The number of ether oxygens (including phenoxy) is 10. The number of nitrogens with zero attached hydrogens (tertiary/aromatic N) is 3. The third kappa shape index (κ3) is 28.7. The molecule has 29 nitrogen and oxygen atoms in total. The maximum atomic E-state index is 14.5. The Kier molecular flexibility index (Phi) is 45.6. The van der Waals surface area contributed by atoms with Gasteiger partial charge in [-0.05, 0) is 198 Å². The lowest BCUT2D eigenvalue weighted by Gasteiger charge is -2.47. The van der Waals surface area contributed by atoms with Crippen molar-refractivity contribution in [2.75, 3.05) is 68.2 Å². The Bertz CT molecular complexity index is 3510. The zero-order chi connectivity index (χ0) is 91.2. The molecule has 6 heterocycles. The molecule has 4 saturated heterocycles. The van der Waals surface area contributed by atoms with Crippen LogP contribution in [0.5, 0.6) is 0 Å². The number of hydrogen-bond donors (Lipinski definition) is 9. The van der Waals surface area contributed by atoms with E-state index in [0.29, 0.717) is 115 Å². The quantitative estimate of drug-likeness (QED) is 0.0173. The Morgan fingerprint density at radius 3 is 1.26 bits per heavy atom. The number of aliphatic hydroxyl groups excluding tert-OH is 4. The number of fused-ring (bicyclic) bond motifs is 6. The fraction of sp³-hybridized carbons (Fsp3) is 0.783. The molecule has 0 aromatic carbocycles. The number of nitrogens with one attached hydrogen (secondary N) is 1. The first-order valence-electron chi connectivity index (χ1n) is 44.4. The van der Waals surface area contributed by atoms with Crippen LogP contribution in [-0.4, -0.2) is 265 Å². The third-order valence-electron chi connectivity index (χ3n) is 26.2. The highest BCUT2D eigenvalue weighted by Gasteiger charge is 2.59. The smallest absolute Gasteiger partial charge is 0.329 e. The minimum Gasteiger partial charge on any atom is -0.456 e. The van der Waals surface area contributed by atoms with Crippen LogP contribution in [0.1, 0.15) is 224 Å². The summed E-state index contributed by atoms with van der Waals surface area (Å²) in [5.74, 6) is -5.95. The topological polar surface area (TPSA) is 416 Å². The summed E-state index contributed by atoms with van der Waals surface area (Å²) in [6, 6.07) is -2.25. The predicted molar refractivity (Wildman–Crippen MR) is 466 cm³/mol. The maximum Gasteiger partial charge on any atom is 0.329 e. The molecule has 30 heteroatoms. The molecule has 2 saturated carbocycles. The van der Waals surface area contributed by atoms with Gasteiger partial charge in [0, 0.05) is 122 Å². The van der Waals surface area contributed by atoms with Gasteiger partial charge in [0.25, 0.3) is 23.4 Å². The van der Waals surface area contributed by atoms with Gasteiger partial charge in [-0.25, -0.2) is 9.59 Å². The summed E-state index contributed by atoms with van der Waals surface area (Å²) in [7, 11) is 9.30. The highest BCUT2D eigenvalue weighted by Crippen LogP contribution is 2.43. The largest absolute Gasteiger partial charge is 0.456 e. The van der Waals surface area contributed by atoms with Gasteiger partial charge in [-0.15, -0.1) is 24.8 Å². The molecule has 0 aromatic heterocycles. The first kappa shape index (κ1) is 107. The van der Waals surface area contributed by atoms with E-state index in [0.717, 1.165) is 28.3 Å². The van der Waals surface area contributed by atoms with Gasteiger partial charge < -0.3 is 93.2 Å². The van der Waals surface area contributed by atoms with Gasteiger partial charge in [0.15, 0.2) is 0 Å². The normalized spacial score (nSPS) is 39.1. The Balaban J connectivity index is 0.000000413. The number of nitrogens with two attached hydrogens (primary N) is 2. The van der Waals surface area contributed by atoms with Crippen LogP contribution in [-0.2, 0) is 80.9 Å². The second kappa shape index (κ2) is 52.1. The molecule has 11 N–H and O–H groups in total.